The Kier molecular flexibility index (Phi) is 6.49. The molecule has 7 heteroatoms. The van der Waals surface area contributed by atoms with E-state index in [1.54, 1.807) is 18.4 Å². The Morgan fingerprint density at radius 2 is 2.27 bits per heavy atom. The van der Waals surface area contributed by atoms with E-state index in [0.717, 1.165) is 19.3 Å². The Bertz CT molecular complexity index is 680. The number of nitrogens with zero attached hydrogens (tertiary/aromatic N) is 1. The van der Waals surface area contributed by atoms with Crippen molar-refractivity contribution in [2.45, 2.75) is 51.5 Å². The van der Waals surface area contributed by atoms with Gasteiger partial charge in [-0.2, -0.15) is 0 Å². The molecular formula is C19H25NO6. The van der Waals surface area contributed by atoms with Crippen LogP contribution in [0.3, 0.4) is 0 Å². The molecule has 2 aromatic rings. The fraction of sp³-hybridized carbons (Fsp3) is 0.526. The molecule has 2 aromatic heterocycles. The predicted molar refractivity (Wildman–Crippen MR) is 93.4 cm³/mol. The number of furan rings is 2. The van der Waals surface area contributed by atoms with E-state index in [1.807, 2.05) is 6.07 Å². The Hall–Kier alpha value is -2.09. The number of ether oxygens (including phenoxy) is 2. The van der Waals surface area contributed by atoms with Gasteiger partial charge in [0.1, 0.15) is 19.0 Å². The quantitative estimate of drug-likeness (QED) is 0.651. The number of hydrogen-bond donors (Lipinski definition) is 1. The summed E-state index contributed by atoms with van der Waals surface area (Å²) in [6.45, 7) is 2.59. The molecule has 0 radical (unpaired) electrons. The molecule has 2 atom stereocenters. The smallest absolute Gasteiger partial charge is 0.257 e. The Morgan fingerprint density at radius 3 is 3.04 bits per heavy atom. The van der Waals surface area contributed by atoms with Crippen molar-refractivity contribution in [1.29, 1.82) is 0 Å². The summed E-state index contributed by atoms with van der Waals surface area (Å²) in [7, 11) is 0. The van der Waals surface area contributed by atoms with Crippen LogP contribution < -0.4 is 4.90 Å². The van der Waals surface area contributed by atoms with Gasteiger partial charge < -0.3 is 23.4 Å². The average molecular weight is 363 g/mol. The van der Waals surface area contributed by atoms with Crippen LogP contribution in [0, 0.1) is 0 Å². The summed E-state index contributed by atoms with van der Waals surface area (Å²) in [5.41, 5.74) is 0.672. The normalized spacial score (nSPS) is 18.6. The van der Waals surface area contributed by atoms with E-state index < -0.39 is 12.3 Å². The third-order valence-electron chi connectivity index (χ3n) is 4.35. The first kappa shape index (κ1) is 18.7. The third-order valence-corrected chi connectivity index (χ3v) is 4.35. The number of aliphatic hydroxyl groups excluding tert-OH is 1. The standard InChI is InChI=1S/C19H25NO6/c1-2-3-4-7-16(21)14-9-18(25-10-14)20-17(22)12-26-19(20)13-23-11-15-6-5-8-24-15/h5-6,8-10,16,19,21H,2-4,7,11-13H2,1H3. The lowest BCUT2D eigenvalue weighted by Crippen LogP contribution is -2.36. The van der Waals surface area contributed by atoms with Crippen LogP contribution in [0.25, 0.3) is 0 Å². The number of unbranched alkanes of at least 4 members (excludes halogenated alkanes) is 2. The van der Waals surface area contributed by atoms with Gasteiger partial charge in [-0.3, -0.25) is 9.69 Å². The largest absolute Gasteiger partial charge is 0.467 e. The monoisotopic (exact) mass is 363 g/mol. The fourth-order valence-corrected chi connectivity index (χ4v) is 2.91. The van der Waals surface area contributed by atoms with Gasteiger partial charge in [0.25, 0.3) is 5.91 Å². The molecule has 1 aliphatic rings. The van der Waals surface area contributed by atoms with Crippen molar-refractivity contribution in [1.82, 2.24) is 0 Å². The van der Waals surface area contributed by atoms with Crippen LogP contribution in [0.4, 0.5) is 5.88 Å². The predicted octanol–water partition coefficient (Wildman–Crippen LogP) is 3.39. The number of amides is 1. The summed E-state index contributed by atoms with van der Waals surface area (Å²) in [6, 6.07) is 5.30. The van der Waals surface area contributed by atoms with E-state index in [2.05, 4.69) is 6.92 Å². The van der Waals surface area contributed by atoms with Gasteiger partial charge in [0.2, 0.25) is 5.88 Å². The maximum absolute atomic E-state index is 12.2. The molecule has 2 unspecified atom stereocenters. The van der Waals surface area contributed by atoms with Crippen molar-refractivity contribution in [3.8, 4) is 0 Å². The molecule has 142 valence electrons. The second-order valence-corrected chi connectivity index (χ2v) is 6.35. The van der Waals surface area contributed by atoms with E-state index in [4.69, 9.17) is 18.3 Å². The summed E-state index contributed by atoms with van der Waals surface area (Å²) in [5.74, 6) is 0.873. The maximum Gasteiger partial charge on any atom is 0.257 e. The van der Waals surface area contributed by atoms with Crippen molar-refractivity contribution in [3.63, 3.8) is 0 Å². The van der Waals surface area contributed by atoms with Crippen molar-refractivity contribution >= 4 is 11.8 Å². The number of anilines is 1. The lowest BCUT2D eigenvalue weighted by atomic mass is 10.1. The van der Waals surface area contributed by atoms with Crippen molar-refractivity contribution in [2.24, 2.45) is 0 Å². The molecule has 7 nitrogen and oxygen atoms in total. The zero-order valence-electron chi connectivity index (χ0n) is 14.9. The molecule has 1 amide bonds. The molecule has 1 saturated heterocycles. The first-order valence-electron chi connectivity index (χ1n) is 8.99. The minimum absolute atomic E-state index is 0.0239. The van der Waals surface area contributed by atoms with Crippen LogP contribution in [0.2, 0.25) is 0 Å². The molecular weight excluding hydrogens is 338 g/mol. The molecule has 26 heavy (non-hydrogen) atoms. The zero-order valence-corrected chi connectivity index (χ0v) is 14.9. The molecule has 3 rings (SSSR count). The molecule has 3 heterocycles. The number of carbonyl (C=O) groups excluding carboxylic acids is 1. The Morgan fingerprint density at radius 1 is 1.38 bits per heavy atom. The van der Waals surface area contributed by atoms with Crippen LogP contribution in [-0.2, 0) is 20.9 Å². The average Bonchev–Trinajstić information content (AvgIpc) is 3.36. The highest BCUT2D eigenvalue weighted by atomic mass is 16.6. The third kappa shape index (κ3) is 4.55. The van der Waals surface area contributed by atoms with Gasteiger partial charge in [-0.15, -0.1) is 0 Å². The molecule has 0 bridgehead atoms. The molecule has 0 aromatic carbocycles. The van der Waals surface area contributed by atoms with E-state index in [1.165, 1.54) is 11.2 Å². The number of aliphatic hydroxyl groups is 1. The van der Waals surface area contributed by atoms with Crippen LogP contribution in [0.1, 0.15) is 50.0 Å². The van der Waals surface area contributed by atoms with Gasteiger partial charge in [0, 0.05) is 11.6 Å². The minimum Gasteiger partial charge on any atom is -0.467 e. The lowest BCUT2D eigenvalue weighted by molar-refractivity contribution is -0.117. The first-order chi connectivity index (χ1) is 12.7. The Balaban J connectivity index is 1.57. The molecule has 1 N–H and O–H groups in total. The van der Waals surface area contributed by atoms with E-state index in [9.17, 15) is 9.90 Å². The molecule has 1 aliphatic heterocycles. The van der Waals surface area contributed by atoms with Gasteiger partial charge in [-0.05, 0) is 18.6 Å². The number of rotatable bonds is 10. The van der Waals surface area contributed by atoms with Crippen LogP contribution in [0.5, 0.6) is 0 Å². The van der Waals surface area contributed by atoms with E-state index in [-0.39, 0.29) is 19.1 Å². The van der Waals surface area contributed by atoms with Gasteiger partial charge in [-0.1, -0.05) is 26.2 Å². The van der Waals surface area contributed by atoms with Crippen LogP contribution >= 0.6 is 0 Å². The summed E-state index contributed by atoms with van der Waals surface area (Å²) in [5, 5.41) is 10.3. The van der Waals surface area contributed by atoms with Gasteiger partial charge in [0.05, 0.1) is 25.2 Å². The number of hydrogen-bond acceptors (Lipinski definition) is 6. The topological polar surface area (TPSA) is 85.3 Å². The summed E-state index contributed by atoms with van der Waals surface area (Å²) in [4.78, 5) is 13.6. The summed E-state index contributed by atoms with van der Waals surface area (Å²) >= 11 is 0. The maximum atomic E-state index is 12.2. The van der Waals surface area contributed by atoms with Crippen molar-refractivity contribution in [3.05, 3.63) is 42.0 Å². The first-order valence-corrected chi connectivity index (χ1v) is 8.99. The molecule has 0 aliphatic carbocycles. The fourth-order valence-electron chi connectivity index (χ4n) is 2.91. The van der Waals surface area contributed by atoms with Gasteiger partial charge in [-0.25, -0.2) is 0 Å². The van der Waals surface area contributed by atoms with Crippen LogP contribution in [-0.4, -0.2) is 30.5 Å². The highest BCUT2D eigenvalue weighted by Crippen LogP contribution is 2.29. The second kappa shape index (κ2) is 9.02. The minimum atomic E-state index is -0.591. The SMILES string of the molecule is CCCCCC(O)c1coc(N2C(=O)COC2COCc2ccco2)c1. The van der Waals surface area contributed by atoms with E-state index in [0.29, 0.717) is 30.2 Å². The van der Waals surface area contributed by atoms with E-state index >= 15 is 0 Å². The lowest BCUT2D eigenvalue weighted by Gasteiger charge is -2.20. The molecule has 1 fully saturated rings. The highest BCUT2D eigenvalue weighted by Gasteiger charge is 2.35. The zero-order chi connectivity index (χ0) is 18.4. The summed E-state index contributed by atoms with van der Waals surface area (Å²) < 4.78 is 21.8. The van der Waals surface area contributed by atoms with Gasteiger partial charge >= 0.3 is 0 Å². The Labute approximate surface area is 152 Å². The highest BCUT2D eigenvalue weighted by molar-refractivity contribution is 5.95. The number of carbonyl (C=O) groups is 1. The van der Waals surface area contributed by atoms with Crippen LogP contribution in [0.15, 0.2) is 39.6 Å². The van der Waals surface area contributed by atoms with Crippen molar-refractivity contribution in [2.75, 3.05) is 18.1 Å². The van der Waals surface area contributed by atoms with Crippen molar-refractivity contribution < 1.29 is 28.2 Å². The van der Waals surface area contributed by atoms with Gasteiger partial charge in [0.15, 0.2) is 6.23 Å². The second-order valence-electron chi connectivity index (χ2n) is 6.35. The molecule has 0 saturated carbocycles. The molecule has 0 spiro atoms. The summed E-state index contributed by atoms with van der Waals surface area (Å²) in [6.07, 6.45) is 5.73.